The number of hydrogen-bond acceptors (Lipinski definition) is 1. The van der Waals surface area contributed by atoms with Gasteiger partial charge >= 0.3 is 0 Å². The van der Waals surface area contributed by atoms with Crippen LogP contribution in [0.3, 0.4) is 0 Å². The van der Waals surface area contributed by atoms with Gasteiger partial charge in [0.2, 0.25) is 0 Å². The number of halogens is 3. The molecule has 2 aromatic rings. The Hall–Kier alpha value is -1.90. The molecular formula is C18H14F3OP. The molecule has 1 aliphatic rings. The molecule has 118 valence electrons. The quantitative estimate of drug-likeness (QED) is 0.579. The predicted molar refractivity (Wildman–Crippen MR) is 86.4 cm³/mol. The fourth-order valence-electron chi connectivity index (χ4n) is 2.41. The largest absolute Gasteiger partial charge is 0.342 e. The van der Waals surface area contributed by atoms with Crippen molar-refractivity contribution in [1.29, 1.82) is 0 Å². The summed E-state index contributed by atoms with van der Waals surface area (Å²) in [6, 6.07) is 11.5. The maximum absolute atomic E-state index is 13.6. The lowest BCUT2D eigenvalue weighted by molar-refractivity contribution is 0.148. The molecule has 0 aliphatic heterocycles. The fourth-order valence-corrected chi connectivity index (χ4v) is 3.30. The smallest absolute Gasteiger partial charge is 0.194 e. The first kappa shape index (κ1) is 16.0. The second-order valence-corrected chi connectivity index (χ2v) is 6.19. The molecule has 0 heterocycles. The van der Waals surface area contributed by atoms with E-state index in [0.717, 1.165) is 17.4 Å². The van der Waals surface area contributed by atoms with Crippen molar-refractivity contribution in [3.63, 3.8) is 0 Å². The molecule has 2 unspecified atom stereocenters. The molecule has 0 fully saturated rings. The zero-order valence-electron chi connectivity index (χ0n) is 12.1. The van der Waals surface area contributed by atoms with Gasteiger partial charge in [-0.25, -0.2) is 13.2 Å². The number of benzene rings is 2. The van der Waals surface area contributed by atoms with E-state index in [-0.39, 0.29) is 14.4 Å². The van der Waals surface area contributed by atoms with Crippen LogP contribution >= 0.6 is 8.81 Å². The molecule has 23 heavy (non-hydrogen) atoms. The van der Waals surface area contributed by atoms with Crippen LogP contribution in [0.5, 0.6) is 0 Å². The Labute approximate surface area is 134 Å². The van der Waals surface area contributed by atoms with E-state index in [1.165, 1.54) is 0 Å². The summed E-state index contributed by atoms with van der Waals surface area (Å²) in [6.07, 6.45) is 7.62. The highest BCUT2D eigenvalue weighted by Gasteiger charge is 2.32. The molecular weight excluding hydrogens is 320 g/mol. The molecule has 0 spiro atoms. The molecule has 1 aliphatic carbocycles. The molecule has 2 aromatic carbocycles. The average molecular weight is 334 g/mol. The van der Waals surface area contributed by atoms with E-state index < -0.39 is 23.1 Å². The van der Waals surface area contributed by atoms with Crippen molar-refractivity contribution in [3.05, 3.63) is 89.8 Å². The highest BCUT2D eigenvalue weighted by molar-refractivity contribution is 7.42. The Morgan fingerprint density at radius 1 is 0.957 bits per heavy atom. The minimum Gasteiger partial charge on any atom is -0.342 e. The van der Waals surface area contributed by atoms with Crippen LogP contribution in [0.4, 0.5) is 13.2 Å². The van der Waals surface area contributed by atoms with E-state index >= 15 is 0 Å². The SMILES string of the molecule is Fc1cc(C2(OPc3ccccc3)C=CC=CC2)cc(F)c1F. The molecule has 0 saturated heterocycles. The average Bonchev–Trinajstić information content (AvgIpc) is 2.59. The van der Waals surface area contributed by atoms with Crippen molar-refractivity contribution in [2.45, 2.75) is 12.0 Å². The van der Waals surface area contributed by atoms with Crippen LogP contribution in [0.15, 0.2) is 66.8 Å². The summed E-state index contributed by atoms with van der Waals surface area (Å²) in [7, 11) is -0.00103. The normalized spacial score (nSPS) is 20.5. The Balaban J connectivity index is 1.94. The number of hydrogen-bond donors (Lipinski definition) is 0. The highest BCUT2D eigenvalue weighted by atomic mass is 31.1. The van der Waals surface area contributed by atoms with Gasteiger partial charge in [-0.1, -0.05) is 48.6 Å². The molecule has 0 amide bonds. The van der Waals surface area contributed by atoms with Crippen LogP contribution in [0.25, 0.3) is 0 Å². The van der Waals surface area contributed by atoms with E-state index in [0.29, 0.717) is 6.42 Å². The first-order valence-corrected chi connectivity index (χ1v) is 8.00. The second-order valence-electron chi connectivity index (χ2n) is 5.20. The van der Waals surface area contributed by atoms with Crippen molar-refractivity contribution in [3.8, 4) is 0 Å². The second kappa shape index (κ2) is 6.69. The molecule has 2 atom stereocenters. The van der Waals surface area contributed by atoms with Crippen molar-refractivity contribution in [2.24, 2.45) is 0 Å². The first-order valence-electron chi connectivity index (χ1n) is 7.09. The molecule has 0 bridgehead atoms. The predicted octanol–water partition coefficient (Wildman–Crippen LogP) is 4.75. The Morgan fingerprint density at radius 2 is 1.65 bits per heavy atom. The van der Waals surface area contributed by atoms with Gasteiger partial charge in [-0.05, 0) is 29.1 Å². The molecule has 0 saturated carbocycles. The lowest BCUT2D eigenvalue weighted by Gasteiger charge is -2.32. The van der Waals surface area contributed by atoms with Crippen molar-refractivity contribution < 1.29 is 17.7 Å². The summed E-state index contributed by atoms with van der Waals surface area (Å²) in [4.78, 5) is 0. The van der Waals surface area contributed by atoms with Crippen LogP contribution in [0.1, 0.15) is 12.0 Å². The summed E-state index contributed by atoms with van der Waals surface area (Å²) < 4.78 is 46.5. The van der Waals surface area contributed by atoms with E-state index in [1.54, 1.807) is 12.2 Å². The van der Waals surface area contributed by atoms with Crippen molar-refractivity contribution in [1.82, 2.24) is 0 Å². The van der Waals surface area contributed by atoms with Crippen LogP contribution in [-0.2, 0) is 10.1 Å². The lowest BCUT2D eigenvalue weighted by Crippen LogP contribution is -2.26. The minimum absolute atomic E-state index is 0.00103. The lowest BCUT2D eigenvalue weighted by atomic mass is 9.87. The van der Waals surface area contributed by atoms with Gasteiger partial charge in [0, 0.05) is 15.2 Å². The molecule has 0 aromatic heterocycles. The summed E-state index contributed by atoms with van der Waals surface area (Å²) in [5.41, 5.74) is -0.740. The Morgan fingerprint density at radius 3 is 2.26 bits per heavy atom. The molecule has 0 radical (unpaired) electrons. The third kappa shape index (κ3) is 3.39. The highest BCUT2D eigenvalue weighted by Crippen LogP contribution is 2.40. The van der Waals surface area contributed by atoms with Crippen molar-refractivity contribution >= 4 is 14.1 Å². The van der Waals surface area contributed by atoms with E-state index in [1.807, 2.05) is 42.5 Å². The Bertz CT molecular complexity index is 735. The van der Waals surface area contributed by atoms with Crippen LogP contribution in [0, 0.1) is 17.5 Å². The van der Waals surface area contributed by atoms with Gasteiger partial charge in [-0.3, -0.25) is 0 Å². The van der Waals surface area contributed by atoms with E-state index in [4.69, 9.17) is 4.52 Å². The van der Waals surface area contributed by atoms with Gasteiger partial charge < -0.3 is 4.52 Å². The minimum atomic E-state index is -1.47. The van der Waals surface area contributed by atoms with E-state index in [2.05, 4.69) is 0 Å². The van der Waals surface area contributed by atoms with Gasteiger partial charge in [0.25, 0.3) is 0 Å². The summed E-state index contributed by atoms with van der Waals surface area (Å²) in [5, 5.41) is 0.970. The standard InChI is InChI=1S/C18H14F3OP/c19-15-11-13(12-16(20)17(15)21)18(9-5-2-6-10-18)22-23-14-7-3-1-4-8-14/h1-9,11-12,23H,10H2. The monoisotopic (exact) mass is 334 g/mol. The number of rotatable bonds is 4. The molecule has 0 N–H and O–H groups in total. The zero-order valence-corrected chi connectivity index (χ0v) is 13.1. The van der Waals surface area contributed by atoms with Gasteiger partial charge in [-0.2, -0.15) is 0 Å². The summed E-state index contributed by atoms with van der Waals surface area (Å²) in [6.45, 7) is 0. The molecule has 1 nitrogen and oxygen atoms in total. The molecule has 5 heteroatoms. The first-order chi connectivity index (χ1) is 11.1. The van der Waals surface area contributed by atoms with Gasteiger partial charge in [0.15, 0.2) is 17.5 Å². The van der Waals surface area contributed by atoms with Crippen LogP contribution in [0.2, 0.25) is 0 Å². The number of allylic oxidation sites excluding steroid dienone is 2. The van der Waals surface area contributed by atoms with Gasteiger partial charge in [0.1, 0.15) is 5.60 Å². The zero-order chi connectivity index (χ0) is 16.3. The Kier molecular flexibility index (Phi) is 4.65. The molecule has 3 rings (SSSR count). The van der Waals surface area contributed by atoms with Crippen molar-refractivity contribution in [2.75, 3.05) is 0 Å². The third-order valence-electron chi connectivity index (χ3n) is 3.63. The van der Waals surface area contributed by atoms with Gasteiger partial charge in [0.05, 0.1) is 0 Å². The summed E-state index contributed by atoms with van der Waals surface area (Å²) in [5.74, 6) is -3.90. The summed E-state index contributed by atoms with van der Waals surface area (Å²) >= 11 is 0. The fraction of sp³-hybridized carbons (Fsp3) is 0.111. The van der Waals surface area contributed by atoms with Gasteiger partial charge in [-0.15, -0.1) is 0 Å². The maximum atomic E-state index is 13.6. The topological polar surface area (TPSA) is 9.23 Å². The van der Waals surface area contributed by atoms with E-state index in [9.17, 15) is 13.2 Å². The van der Waals surface area contributed by atoms with Crippen LogP contribution in [-0.4, -0.2) is 0 Å². The maximum Gasteiger partial charge on any atom is 0.194 e. The van der Waals surface area contributed by atoms with Crippen LogP contribution < -0.4 is 5.30 Å². The third-order valence-corrected chi connectivity index (χ3v) is 4.67.